The van der Waals surface area contributed by atoms with Crippen molar-refractivity contribution in [2.45, 2.75) is 26.7 Å². The van der Waals surface area contributed by atoms with Crippen LogP contribution in [0, 0.1) is 6.92 Å². The van der Waals surface area contributed by atoms with Crippen molar-refractivity contribution in [3.63, 3.8) is 0 Å². The summed E-state index contributed by atoms with van der Waals surface area (Å²) in [7, 11) is 0. The Balaban J connectivity index is 2.28. The molecule has 1 atom stereocenters. The van der Waals surface area contributed by atoms with Crippen LogP contribution >= 0.6 is 11.3 Å². The number of thiazole rings is 1. The van der Waals surface area contributed by atoms with Gasteiger partial charge in [-0.3, -0.25) is 4.79 Å². The van der Waals surface area contributed by atoms with Gasteiger partial charge in [-0.25, -0.2) is 4.98 Å². The summed E-state index contributed by atoms with van der Waals surface area (Å²) in [5.74, 6) is 0.328. The largest absolute Gasteiger partial charge is 0.508 e. The zero-order valence-corrected chi connectivity index (χ0v) is 11.9. The van der Waals surface area contributed by atoms with Gasteiger partial charge in [0.15, 0.2) is 5.13 Å². The van der Waals surface area contributed by atoms with Crippen LogP contribution < -0.4 is 5.32 Å². The van der Waals surface area contributed by atoms with Crippen molar-refractivity contribution in [3.8, 4) is 5.75 Å². The van der Waals surface area contributed by atoms with E-state index in [1.807, 2.05) is 19.1 Å². The molecule has 1 unspecified atom stereocenters. The number of rotatable bonds is 3. The predicted molar refractivity (Wildman–Crippen MR) is 76.8 cm³/mol. The second kappa shape index (κ2) is 5.40. The zero-order valence-electron chi connectivity index (χ0n) is 11.1. The van der Waals surface area contributed by atoms with Crippen LogP contribution in [0.4, 0.5) is 5.13 Å². The van der Waals surface area contributed by atoms with Crippen LogP contribution in [0.5, 0.6) is 5.75 Å². The molecule has 1 aromatic heterocycles. The summed E-state index contributed by atoms with van der Waals surface area (Å²) in [6, 6.07) is 7.16. The van der Waals surface area contributed by atoms with Gasteiger partial charge in [-0.1, -0.05) is 19.1 Å². The first-order valence-electron chi connectivity index (χ1n) is 6.01. The first-order valence-corrected chi connectivity index (χ1v) is 6.83. The summed E-state index contributed by atoms with van der Waals surface area (Å²) in [6.07, 6.45) is 0. The highest BCUT2D eigenvalue weighted by molar-refractivity contribution is 7.16. The summed E-state index contributed by atoms with van der Waals surface area (Å²) < 4.78 is 0. The maximum atomic E-state index is 11.0. The number of nitrogens with zero attached hydrogens (tertiary/aromatic N) is 1. The highest BCUT2D eigenvalue weighted by atomic mass is 32.1. The molecule has 0 saturated carbocycles. The summed E-state index contributed by atoms with van der Waals surface area (Å²) in [4.78, 5) is 16.5. The number of carbonyl (C=O) groups is 1. The molecule has 0 saturated heterocycles. The van der Waals surface area contributed by atoms with Crippen LogP contribution in [-0.4, -0.2) is 16.0 Å². The van der Waals surface area contributed by atoms with Gasteiger partial charge in [-0.05, 0) is 24.6 Å². The van der Waals surface area contributed by atoms with E-state index in [2.05, 4.69) is 17.2 Å². The number of carbonyl (C=O) groups excluding carboxylic acids is 1. The highest BCUT2D eigenvalue weighted by Gasteiger charge is 2.16. The van der Waals surface area contributed by atoms with Crippen LogP contribution in [0.2, 0.25) is 0 Å². The summed E-state index contributed by atoms with van der Waals surface area (Å²) in [5.41, 5.74) is 2.04. The predicted octanol–water partition coefficient (Wildman–Crippen LogP) is 3.27. The number of hydrogen-bond acceptors (Lipinski definition) is 4. The number of aryl methyl sites for hydroxylation is 1. The lowest BCUT2D eigenvalue weighted by Crippen LogP contribution is -2.04. The van der Waals surface area contributed by atoms with Gasteiger partial charge in [0.25, 0.3) is 0 Å². The molecule has 1 heterocycles. The molecule has 0 aliphatic rings. The topological polar surface area (TPSA) is 62.2 Å². The zero-order chi connectivity index (χ0) is 14.0. The van der Waals surface area contributed by atoms with E-state index in [9.17, 15) is 9.90 Å². The van der Waals surface area contributed by atoms with Crippen molar-refractivity contribution in [2.75, 3.05) is 5.32 Å². The van der Waals surface area contributed by atoms with E-state index in [1.165, 1.54) is 18.3 Å². The molecule has 2 rings (SSSR count). The number of hydrogen-bond donors (Lipinski definition) is 2. The molecular weight excluding hydrogens is 260 g/mol. The minimum atomic E-state index is -0.113. The molecule has 5 heteroatoms. The molecule has 4 nitrogen and oxygen atoms in total. The molecule has 0 radical (unpaired) electrons. The minimum Gasteiger partial charge on any atom is -0.508 e. The number of anilines is 1. The lowest BCUT2D eigenvalue weighted by molar-refractivity contribution is -0.114. The fourth-order valence-electron chi connectivity index (χ4n) is 1.93. The highest BCUT2D eigenvalue weighted by Crippen LogP contribution is 2.34. The second-order valence-corrected chi connectivity index (χ2v) is 5.49. The second-order valence-electron chi connectivity index (χ2n) is 4.46. The number of benzene rings is 1. The van der Waals surface area contributed by atoms with Gasteiger partial charge < -0.3 is 10.4 Å². The van der Waals surface area contributed by atoms with Crippen molar-refractivity contribution in [1.29, 1.82) is 0 Å². The van der Waals surface area contributed by atoms with E-state index in [1.54, 1.807) is 12.1 Å². The number of aromatic nitrogens is 1. The van der Waals surface area contributed by atoms with E-state index in [4.69, 9.17) is 0 Å². The van der Waals surface area contributed by atoms with Crippen LogP contribution in [0.15, 0.2) is 24.3 Å². The molecule has 0 bridgehead atoms. The Hall–Kier alpha value is -1.88. The fourth-order valence-corrected chi connectivity index (χ4v) is 3.02. The van der Waals surface area contributed by atoms with Gasteiger partial charge in [-0.2, -0.15) is 0 Å². The maximum absolute atomic E-state index is 11.0. The van der Waals surface area contributed by atoms with Crippen LogP contribution in [-0.2, 0) is 4.79 Å². The van der Waals surface area contributed by atoms with Gasteiger partial charge in [0.2, 0.25) is 5.91 Å². The lowest BCUT2D eigenvalue weighted by atomic mass is 9.99. The third kappa shape index (κ3) is 3.12. The fraction of sp³-hybridized carbons (Fsp3) is 0.286. The van der Waals surface area contributed by atoms with Gasteiger partial charge in [0.05, 0.1) is 5.69 Å². The SMILES string of the molecule is CC(=O)Nc1nc(C)c(C(C)c2ccc(O)cc2)s1. The van der Waals surface area contributed by atoms with E-state index in [0.29, 0.717) is 5.13 Å². The van der Waals surface area contributed by atoms with Crippen molar-refractivity contribution in [3.05, 3.63) is 40.4 Å². The van der Waals surface area contributed by atoms with Crippen LogP contribution in [0.3, 0.4) is 0 Å². The number of phenols is 1. The molecule has 0 spiro atoms. The monoisotopic (exact) mass is 276 g/mol. The van der Waals surface area contributed by atoms with Gasteiger partial charge in [0, 0.05) is 17.7 Å². The summed E-state index contributed by atoms with van der Waals surface area (Å²) in [6.45, 7) is 5.50. The van der Waals surface area contributed by atoms with E-state index >= 15 is 0 Å². The molecule has 2 N–H and O–H groups in total. The minimum absolute atomic E-state index is 0.113. The molecule has 2 aromatic rings. The third-order valence-electron chi connectivity index (χ3n) is 2.90. The Bertz CT molecular complexity index is 590. The quantitative estimate of drug-likeness (QED) is 0.904. The summed E-state index contributed by atoms with van der Waals surface area (Å²) in [5, 5.41) is 12.6. The third-order valence-corrected chi connectivity index (χ3v) is 4.16. The van der Waals surface area contributed by atoms with E-state index in [0.717, 1.165) is 16.1 Å². The van der Waals surface area contributed by atoms with E-state index in [-0.39, 0.29) is 17.6 Å². The number of amides is 1. The molecule has 0 aliphatic carbocycles. The molecule has 0 aliphatic heterocycles. The van der Waals surface area contributed by atoms with Crippen LogP contribution in [0.1, 0.15) is 35.9 Å². The lowest BCUT2D eigenvalue weighted by Gasteiger charge is -2.10. The molecule has 1 amide bonds. The number of aromatic hydroxyl groups is 1. The van der Waals surface area contributed by atoms with E-state index < -0.39 is 0 Å². The molecule has 0 fully saturated rings. The number of nitrogens with one attached hydrogen (secondary N) is 1. The van der Waals surface area contributed by atoms with Gasteiger partial charge >= 0.3 is 0 Å². The molecule has 19 heavy (non-hydrogen) atoms. The standard InChI is InChI=1S/C14H16N2O2S/c1-8(11-4-6-12(18)7-5-11)13-9(2)15-14(19-13)16-10(3)17/h4-8,18H,1-3H3,(H,15,16,17). The van der Waals surface area contributed by atoms with Crippen LogP contribution in [0.25, 0.3) is 0 Å². The Labute approximate surface area is 116 Å². The van der Waals surface area contributed by atoms with Crippen molar-refractivity contribution in [2.24, 2.45) is 0 Å². The Morgan fingerprint density at radius 3 is 2.58 bits per heavy atom. The average Bonchev–Trinajstić information content (AvgIpc) is 2.69. The summed E-state index contributed by atoms with van der Waals surface area (Å²) >= 11 is 1.49. The van der Waals surface area contributed by atoms with Crippen molar-refractivity contribution < 1.29 is 9.90 Å². The van der Waals surface area contributed by atoms with Crippen molar-refractivity contribution in [1.82, 2.24) is 4.98 Å². The smallest absolute Gasteiger partial charge is 0.223 e. The first-order chi connectivity index (χ1) is 8.97. The average molecular weight is 276 g/mol. The molecule has 100 valence electrons. The van der Waals surface area contributed by atoms with Gasteiger partial charge in [-0.15, -0.1) is 11.3 Å². The van der Waals surface area contributed by atoms with Gasteiger partial charge in [0.1, 0.15) is 5.75 Å². The molecular formula is C14H16N2O2S. The first kappa shape index (κ1) is 13.5. The molecule has 1 aromatic carbocycles. The Morgan fingerprint density at radius 1 is 1.37 bits per heavy atom. The maximum Gasteiger partial charge on any atom is 0.223 e. The Kier molecular flexibility index (Phi) is 3.85. The Morgan fingerprint density at radius 2 is 2.00 bits per heavy atom. The van der Waals surface area contributed by atoms with Crippen molar-refractivity contribution >= 4 is 22.4 Å². The number of phenolic OH excluding ortho intramolecular Hbond substituents is 1. The normalized spacial score (nSPS) is 12.2.